The van der Waals surface area contributed by atoms with E-state index in [-0.39, 0.29) is 5.91 Å². The van der Waals surface area contributed by atoms with Crippen LogP contribution in [0, 0.1) is 6.92 Å². The Morgan fingerprint density at radius 3 is 2.57 bits per heavy atom. The molecule has 1 amide bonds. The van der Waals surface area contributed by atoms with Crippen LogP contribution in [0.25, 0.3) is 0 Å². The number of unbranched alkanes of at least 4 members (excludes halogenated alkanes) is 2. The molecule has 0 aromatic carbocycles. The average Bonchev–Trinajstić information content (AvgIpc) is 2.81. The number of amides is 1. The molecule has 2 N–H and O–H groups in total. The molecule has 0 radical (unpaired) electrons. The van der Waals surface area contributed by atoms with Crippen molar-refractivity contribution >= 4 is 11.9 Å². The molecule has 118 valence electrons. The number of aryl methyl sites for hydroxylation is 1. The van der Waals surface area contributed by atoms with E-state index in [1.165, 1.54) is 6.20 Å². The third kappa shape index (κ3) is 4.88. The van der Waals surface area contributed by atoms with Crippen molar-refractivity contribution < 1.29 is 14.7 Å². The Bertz CT molecular complexity index is 483. The van der Waals surface area contributed by atoms with Crippen molar-refractivity contribution in [3.8, 4) is 0 Å². The normalized spacial score (nSPS) is 12.1. The van der Waals surface area contributed by atoms with E-state index >= 15 is 0 Å². The Kier molecular flexibility index (Phi) is 6.91. The highest BCUT2D eigenvalue weighted by Crippen LogP contribution is 2.10. The molecular formula is C15H25N3O3. The van der Waals surface area contributed by atoms with E-state index in [0.717, 1.165) is 37.9 Å². The summed E-state index contributed by atoms with van der Waals surface area (Å²) in [5.41, 5.74) is 1.23. The van der Waals surface area contributed by atoms with Gasteiger partial charge in [0.2, 0.25) is 0 Å². The van der Waals surface area contributed by atoms with Gasteiger partial charge >= 0.3 is 5.97 Å². The van der Waals surface area contributed by atoms with Crippen molar-refractivity contribution in [1.29, 1.82) is 0 Å². The molecule has 6 heteroatoms. The number of rotatable bonds is 9. The van der Waals surface area contributed by atoms with Gasteiger partial charge in [-0.25, -0.2) is 4.79 Å². The highest BCUT2D eigenvalue weighted by molar-refractivity contribution is 5.97. The van der Waals surface area contributed by atoms with Gasteiger partial charge in [0.15, 0.2) is 0 Å². The lowest BCUT2D eigenvalue weighted by Gasteiger charge is -2.14. The van der Waals surface area contributed by atoms with Crippen LogP contribution in [0.4, 0.5) is 0 Å². The first-order valence-electron chi connectivity index (χ1n) is 7.57. The van der Waals surface area contributed by atoms with Gasteiger partial charge in [-0.05, 0) is 19.8 Å². The molecule has 0 fully saturated rings. The van der Waals surface area contributed by atoms with Crippen LogP contribution in [0.5, 0.6) is 0 Å². The van der Waals surface area contributed by atoms with Gasteiger partial charge in [-0.1, -0.05) is 33.1 Å². The standard InChI is InChI=1S/C15H25N3O3/c1-4-6-8-13(15(20)21)17-14(19)12-10-16-18(11(12)3)9-7-5-2/h10,13H,4-9H2,1-3H3,(H,17,19)(H,20,21). The van der Waals surface area contributed by atoms with Gasteiger partial charge in [-0.15, -0.1) is 0 Å². The van der Waals surface area contributed by atoms with Gasteiger partial charge in [0, 0.05) is 12.2 Å². The van der Waals surface area contributed by atoms with E-state index in [2.05, 4.69) is 17.3 Å². The minimum atomic E-state index is -0.993. The number of aromatic nitrogens is 2. The fraction of sp³-hybridized carbons (Fsp3) is 0.667. The second-order valence-electron chi connectivity index (χ2n) is 5.23. The van der Waals surface area contributed by atoms with E-state index < -0.39 is 12.0 Å². The first kappa shape index (κ1) is 17.2. The summed E-state index contributed by atoms with van der Waals surface area (Å²) in [4.78, 5) is 23.4. The van der Waals surface area contributed by atoms with E-state index in [9.17, 15) is 9.59 Å². The third-order valence-electron chi connectivity index (χ3n) is 3.52. The lowest BCUT2D eigenvalue weighted by atomic mass is 10.1. The van der Waals surface area contributed by atoms with Crippen molar-refractivity contribution in [3.63, 3.8) is 0 Å². The van der Waals surface area contributed by atoms with E-state index in [0.29, 0.717) is 12.0 Å². The highest BCUT2D eigenvalue weighted by atomic mass is 16.4. The fourth-order valence-electron chi connectivity index (χ4n) is 2.10. The largest absolute Gasteiger partial charge is 0.480 e. The predicted molar refractivity (Wildman–Crippen MR) is 80.3 cm³/mol. The maximum Gasteiger partial charge on any atom is 0.326 e. The second-order valence-corrected chi connectivity index (χ2v) is 5.23. The molecule has 1 rings (SSSR count). The molecule has 6 nitrogen and oxygen atoms in total. The van der Waals surface area contributed by atoms with Crippen molar-refractivity contribution in [2.75, 3.05) is 0 Å². The summed E-state index contributed by atoms with van der Waals surface area (Å²) in [6.07, 6.45) is 5.68. The zero-order valence-electron chi connectivity index (χ0n) is 13.1. The van der Waals surface area contributed by atoms with Gasteiger partial charge in [0.05, 0.1) is 11.8 Å². The summed E-state index contributed by atoms with van der Waals surface area (Å²) >= 11 is 0. The van der Waals surface area contributed by atoms with Crippen LogP contribution in [-0.2, 0) is 11.3 Å². The SMILES string of the molecule is CCCCC(NC(=O)c1cnn(CCCC)c1C)C(=O)O. The Morgan fingerprint density at radius 2 is 2.00 bits per heavy atom. The Balaban J connectivity index is 2.73. The molecule has 1 atom stereocenters. The fourth-order valence-corrected chi connectivity index (χ4v) is 2.10. The number of carboxylic acids is 1. The molecule has 0 spiro atoms. The lowest BCUT2D eigenvalue weighted by Crippen LogP contribution is -2.40. The first-order chi connectivity index (χ1) is 10.0. The maximum absolute atomic E-state index is 12.2. The lowest BCUT2D eigenvalue weighted by molar-refractivity contribution is -0.139. The maximum atomic E-state index is 12.2. The molecule has 1 aromatic rings. The van der Waals surface area contributed by atoms with Crippen LogP contribution in [0.15, 0.2) is 6.20 Å². The molecule has 21 heavy (non-hydrogen) atoms. The molecule has 0 aliphatic heterocycles. The van der Waals surface area contributed by atoms with E-state index in [1.807, 2.05) is 13.8 Å². The van der Waals surface area contributed by atoms with Crippen molar-refractivity contribution in [2.45, 2.75) is 65.5 Å². The van der Waals surface area contributed by atoms with Crippen molar-refractivity contribution in [2.24, 2.45) is 0 Å². The number of carbonyl (C=O) groups excluding carboxylic acids is 1. The summed E-state index contributed by atoms with van der Waals surface area (Å²) in [5.74, 6) is -1.36. The zero-order chi connectivity index (χ0) is 15.8. The van der Waals surface area contributed by atoms with Crippen LogP contribution >= 0.6 is 0 Å². The summed E-state index contributed by atoms with van der Waals surface area (Å²) < 4.78 is 1.79. The first-order valence-corrected chi connectivity index (χ1v) is 7.57. The van der Waals surface area contributed by atoms with Crippen molar-refractivity contribution in [1.82, 2.24) is 15.1 Å². The molecular weight excluding hydrogens is 270 g/mol. The summed E-state index contributed by atoms with van der Waals surface area (Å²) in [5, 5.41) is 15.9. The molecule has 1 heterocycles. The number of carboxylic acid groups (broad SMARTS) is 1. The number of nitrogens with zero attached hydrogens (tertiary/aromatic N) is 2. The number of hydrogen-bond acceptors (Lipinski definition) is 3. The number of nitrogens with one attached hydrogen (secondary N) is 1. The molecule has 0 aliphatic carbocycles. The number of hydrogen-bond donors (Lipinski definition) is 2. The van der Waals surface area contributed by atoms with Crippen LogP contribution < -0.4 is 5.32 Å². The Labute approximate surface area is 125 Å². The van der Waals surface area contributed by atoms with Gasteiger partial charge in [-0.3, -0.25) is 9.48 Å². The Hall–Kier alpha value is -1.85. The average molecular weight is 295 g/mol. The highest BCUT2D eigenvalue weighted by Gasteiger charge is 2.22. The molecule has 0 aliphatic rings. The van der Waals surface area contributed by atoms with Gasteiger partial charge in [0.25, 0.3) is 5.91 Å². The molecule has 0 saturated carbocycles. The summed E-state index contributed by atoms with van der Waals surface area (Å²) in [7, 11) is 0. The van der Waals surface area contributed by atoms with E-state index in [1.54, 1.807) is 4.68 Å². The van der Waals surface area contributed by atoms with Gasteiger partial charge < -0.3 is 10.4 Å². The monoisotopic (exact) mass is 295 g/mol. The minimum Gasteiger partial charge on any atom is -0.480 e. The summed E-state index contributed by atoms with van der Waals surface area (Å²) in [6.45, 7) is 6.69. The quantitative estimate of drug-likeness (QED) is 0.732. The van der Waals surface area contributed by atoms with Crippen LogP contribution in [0.1, 0.15) is 62.0 Å². The van der Waals surface area contributed by atoms with Gasteiger partial charge in [0.1, 0.15) is 6.04 Å². The molecule has 0 saturated heterocycles. The minimum absolute atomic E-state index is 0.362. The molecule has 1 aromatic heterocycles. The van der Waals surface area contributed by atoms with Gasteiger partial charge in [-0.2, -0.15) is 5.10 Å². The Morgan fingerprint density at radius 1 is 1.33 bits per heavy atom. The second kappa shape index (κ2) is 8.44. The summed E-state index contributed by atoms with van der Waals surface area (Å²) in [6, 6.07) is -0.837. The van der Waals surface area contributed by atoms with Crippen LogP contribution in [0.2, 0.25) is 0 Å². The molecule has 0 bridgehead atoms. The number of carbonyl (C=O) groups is 2. The van der Waals surface area contributed by atoms with Crippen LogP contribution in [0.3, 0.4) is 0 Å². The van der Waals surface area contributed by atoms with Crippen LogP contribution in [-0.4, -0.2) is 32.8 Å². The van der Waals surface area contributed by atoms with E-state index in [4.69, 9.17) is 5.11 Å². The predicted octanol–water partition coefficient (Wildman–Crippen LogP) is 2.36. The molecule has 1 unspecified atom stereocenters. The third-order valence-corrected chi connectivity index (χ3v) is 3.52. The number of aliphatic carboxylic acids is 1. The topological polar surface area (TPSA) is 84.2 Å². The van der Waals surface area contributed by atoms with Crippen molar-refractivity contribution in [3.05, 3.63) is 17.5 Å². The smallest absolute Gasteiger partial charge is 0.326 e. The zero-order valence-corrected chi connectivity index (χ0v) is 13.1.